The van der Waals surface area contributed by atoms with Crippen LogP contribution in [0.15, 0.2) is 206 Å². The third kappa shape index (κ3) is 7.61. The van der Waals surface area contributed by atoms with Crippen LogP contribution in [0.5, 0.6) is 0 Å². The van der Waals surface area contributed by atoms with Gasteiger partial charge in [-0.2, -0.15) is 0 Å². The zero-order valence-corrected chi connectivity index (χ0v) is 36.5. The van der Waals surface area contributed by atoms with Gasteiger partial charge in [-0.15, -0.1) is 0 Å². The van der Waals surface area contributed by atoms with Crippen LogP contribution in [0.2, 0.25) is 0 Å². The van der Waals surface area contributed by atoms with Gasteiger partial charge < -0.3 is 9.47 Å². The molecule has 0 saturated heterocycles. The molecule has 0 fully saturated rings. The summed E-state index contributed by atoms with van der Waals surface area (Å²) in [6, 6.07) is 64.5. The molecule has 2 nitrogen and oxygen atoms in total. The van der Waals surface area contributed by atoms with Crippen LogP contribution < -0.4 is 4.90 Å². The maximum atomic E-state index is 2.45. The Kier molecular flexibility index (Phi) is 11.2. The van der Waals surface area contributed by atoms with Gasteiger partial charge in [-0.25, -0.2) is 0 Å². The zero-order chi connectivity index (χ0) is 42.7. The standard InChI is InChI=1S/C60H52N2/c1-7-8-11-20-41(2)37-55-43(4)29-33-54-57-40-46(32-36-59(57)62(60(54)55)49-24-14-10-15-25-49)45-31-35-58(61(6)48-22-12-9-13-23-48)56(39-45)53-28-19-18-27-52(53)47-30-34-51(44(5)38-47)50-26-17-16-21-42(50)3/h7-40H,1-6H3/b8-7-,20-11-,41-37+. The van der Waals surface area contributed by atoms with Crippen molar-refractivity contribution in [2.75, 3.05) is 11.9 Å². The Labute approximate surface area is 367 Å². The minimum Gasteiger partial charge on any atom is -0.344 e. The first-order chi connectivity index (χ1) is 30.3. The number of nitrogens with zero attached hydrogens (tertiary/aromatic N) is 2. The van der Waals surface area contributed by atoms with Gasteiger partial charge in [-0.1, -0.05) is 157 Å². The van der Waals surface area contributed by atoms with Crippen molar-refractivity contribution in [3.8, 4) is 50.2 Å². The Morgan fingerprint density at radius 3 is 1.89 bits per heavy atom. The second kappa shape index (κ2) is 17.3. The number of hydrogen-bond donors (Lipinski definition) is 0. The van der Waals surface area contributed by atoms with Crippen LogP contribution in [0.4, 0.5) is 11.4 Å². The minimum atomic E-state index is 1.14. The first kappa shape index (κ1) is 40.0. The summed E-state index contributed by atoms with van der Waals surface area (Å²) in [6.07, 6.45) is 10.8. The Balaban J connectivity index is 1.23. The summed E-state index contributed by atoms with van der Waals surface area (Å²) in [5.74, 6) is 0. The van der Waals surface area contributed by atoms with Gasteiger partial charge in [-0.05, 0) is 145 Å². The molecular weight excluding hydrogens is 749 g/mol. The molecule has 8 aromatic carbocycles. The van der Waals surface area contributed by atoms with Crippen LogP contribution in [0.25, 0.3) is 78.1 Å². The smallest absolute Gasteiger partial charge is 0.0616 e. The molecule has 0 N–H and O–H groups in total. The van der Waals surface area contributed by atoms with Gasteiger partial charge >= 0.3 is 0 Å². The van der Waals surface area contributed by atoms with Crippen molar-refractivity contribution in [2.24, 2.45) is 0 Å². The molecule has 302 valence electrons. The van der Waals surface area contributed by atoms with E-state index in [-0.39, 0.29) is 0 Å². The normalized spacial score (nSPS) is 12.0. The third-order valence-corrected chi connectivity index (χ3v) is 12.3. The van der Waals surface area contributed by atoms with Crippen molar-refractivity contribution in [1.82, 2.24) is 4.57 Å². The topological polar surface area (TPSA) is 8.17 Å². The molecule has 0 amide bonds. The predicted molar refractivity (Wildman–Crippen MR) is 269 cm³/mol. The highest BCUT2D eigenvalue weighted by atomic mass is 15.1. The molecule has 1 aromatic heterocycles. The van der Waals surface area contributed by atoms with Gasteiger partial charge in [0.25, 0.3) is 0 Å². The third-order valence-electron chi connectivity index (χ3n) is 12.3. The van der Waals surface area contributed by atoms with Crippen LogP contribution in [0, 0.1) is 20.8 Å². The molecule has 62 heavy (non-hydrogen) atoms. The van der Waals surface area contributed by atoms with Crippen LogP contribution in [-0.4, -0.2) is 11.6 Å². The minimum absolute atomic E-state index is 1.14. The molecule has 0 atom stereocenters. The second-order valence-electron chi connectivity index (χ2n) is 16.4. The molecule has 2 heteroatoms. The number of rotatable bonds is 10. The van der Waals surface area contributed by atoms with Gasteiger partial charge in [0.1, 0.15) is 0 Å². The van der Waals surface area contributed by atoms with E-state index >= 15 is 0 Å². The molecule has 0 aliphatic rings. The van der Waals surface area contributed by atoms with E-state index in [1.54, 1.807) is 0 Å². The van der Waals surface area contributed by atoms with E-state index in [4.69, 9.17) is 0 Å². The molecule has 9 rings (SSSR count). The van der Waals surface area contributed by atoms with E-state index in [9.17, 15) is 0 Å². The molecule has 0 saturated carbocycles. The molecule has 0 bridgehead atoms. The number of anilines is 2. The molecule has 0 aliphatic heterocycles. The average Bonchev–Trinajstić information content (AvgIpc) is 3.64. The van der Waals surface area contributed by atoms with Gasteiger partial charge in [0.05, 0.1) is 11.0 Å². The number of allylic oxidation sites excluding steroid dienone is 5. The van der Waals surface area contributed by atoms with Crippen molar-refractivity contribution >= 4 is 39.3 Å². The summed E-state index contributed by atoms with van der Waals surface area (Å²) in [7, 11) is 2.17. The van der Waals surface area contributed by atoms with Gasteiger partial charge in [0.2, 0.25) is 0 Å². The summed E-state index contributed by atoms with van der Waals surface area (Å²) in [5, 5.41) is 2.47. The maximum absolute atomic E-state index is 2.45. The van der Waals surface area contributed by atoms with E-state index in [1.165, 1.54) is 94.1 Å². The molecular formula is C60H52N2. The fourth-order valence-electron chi connectivity index (χ4n) is 9.03. The molecule has 0 radical (unpaired) electrons. The zero-order valence-electron chi connectivity index (χ0n) is 36.5. The number of benzene rings is 8. The lowest BCUT2D eigenvalue weighted by atomic mass is 9.88. The van der Waals surface area contributed by atoms with Crippen molar-refractivity contribution < 1.29 is 0 Å². The second-order valence-corrected chi connectivity index (χ2v) is 16.4. The molecule has 0 spiro atoms. The summed E-state index contributed by atoms with van der Waals surface area (Å²) >= 11 is 0. The first-order valence-electron chi connectivity index (χ1n) is 21.6. The van der Waals surface area contributed by atoms with Gasteiger partial charge in [0, 0.05) is 46.0 Å². The van der Waals surface area contributed by atoms with Crippen LogP contribution in [-0.2, 0) is 0 Å². The highest BCUT2D eigenvalue weighted by Gasteiger charge is 2.20. The lowest BCUT2D eigenvalue weighted by Crippen LogP contribution is -2.10. The Morgan fingerprint density at radius 2 is 1.15 bits per heavy atom. The largest absolute Gasteiger partial charge is 0.344 e. The van der Waals surface area contributed by atoms with Crippen molar-refractivity contribution in [3.05, 3.63) is 228 Å². The molecule has 9 aromatic rings. The van der Waals surface area contributed by atoms with Gasteiger partial charge in [-0.3, -0.25) is 0 Å². The molecule has 1 heterocycles. The fraction of sp³-hybridized carbons (Fsp3) is 0.100. The first-order valence-corrected chi connectivity index (χ1v) is 21.6. The lowest BCUT2D eigenvalue weighted by Gasteiger charge is -2.25. The van der Waals surface area contributed by atoms with E-state index in [2.05, 4.69) is 251 Å². The van der Waals surface area contributed by atoms with Crippen molar-refractivity contribution in [1.29, 1.82) is 0 Å². The summed E-state index contributed by atoms with van der Waals surface area (Å²) in [4.78, 5) is 2.31. The Bertz CT molecular complexity index is 3180. The summed E-state index contributed by atoms with van der Waals surface area (Å²) in [5.41, 5.74) is 21.8. The summed E-state index contributed by atoms with van der Waals surface area (Å²) in [6.45, 7) is 10.9. The quantitative estimate of drug-likeness (QED) is 0.125. The Morgan fingerprint density at radius 1 is 0.500 bits per heavy atom. The van der Waals surface area contributed by atoms with Gasteiger partial charge in [0.15, 0.2) is 0 Å². The molecule has 0 unspecified atom stereocenters. The Hall–Kier alpha value is -7.42. The average molecular weight is 801 g/mol. The van der Waals surface area contributed by atoms with Crippen LogP contribution >= 0.6 is 0 Å². The van der Waals surface area contributed by atoms with Crippen molar-refractivity contribution in [2.45, 2.75) is 34.6 Å². The number of para-hydroxylation sites is 2. The number of fused-ring (bicyclic) bond motifs is 3. The van der Waals surface area contributed by atoms with Crippen LogP contribution in [0.3, 0.4) is 0 Å². The number of aromatic nitrogens is 1. The number of aryl methyl sites for hydroxylation is 3. The fourth-order valence-corrected chi connectivity index (χ4v) is 9.03. The van der Waals surface area contributed by atoms with Crippen molar-refractivity contribution in [3.63, 3.8) is 0 Å². The van der Waals surface area contributed by atoms with E-state index in [0.717, 1.165) is 17.1 Å². The summed E-state index contributed by atoms with van der Waals surface area (Å²) < 4.78 is 2.45. The molecule has 0 aliphatic carbocycles. The highest BCUT2D eigenvalue weighted by Crippen LogP contribution is 2.44. The lowest BCUT2D eigenvalue weighted by molar-refractivity contribution is 1.17. The SMILES string of the molecule is C\C=C/C=C\C(C)=C\c1c(C)ccc2c3cc(-c4ccc(N(C)c5ccccc5)c(-c5ccccc5-c5ccc(-c6ccccc6C)c(C)c5)c4)ccc3n(-c3ccccc3)c12. The maximum Gasteiger partial charge on any atom is 0.0616 e. The van der Waals surface area contributed by atoms with Crippen LogP contribution in [0.1, 0.15) is 36.1 Å². The number of hydrogen-bond acceptors (Lipinski definition) is 1. The highest BCUT2D eigenvalue weighted by molar-refractivity contribution is 6.13. The van der Waals surface area contributed by atoms with E-state index in [0.29, 0.717) is 0 Å². The van der Waals surface area contributed by atoms with E-state index < -0.39 is 0 Å². The monoisotopic (exact) mass is 800 g/mol. The predicted octanol–water partition coefficient (Wildman–Crippen LogP) is 16.7. The van der Waals surface area contributed by atoms with E-state index in [1.807, 2.05) is 6.92 Å².